The van der Waals surface area contributed by atoms with Crippen LogP contribution in [0, 0.1) is 6.92 Å². The molecule has 30 heavy (non-hydrogen) atoms. The van der Waals surface area contributed by atoms with Crippen LogP contribution in [-0.4, -0.2) is 35.1 Å². The molecule has 6 heterocycles. The largest absolute Gasteiger partial charge is 0.335 e. The van der Waals surface area contributed by atoms with Crippen LogP contribution in [0.5, 0.6) is 0 Å². The standard InChI is InChI=1S/C22H15N7S/c1-12-4-5-23-9-15(12)13-7-14-20(28-29-21(14)25-8-13)22-26-17-11-24-10-16(19(17)27-22)18-3-2-6-30-18/h2-11H,1H3,(H,26,27)(H,25,28,29). The lowest BCUT2D eigenvalue weighted by atomic mass is 10.0. The second kappa shape index (κ2) is 6.57. The van der Waals surface area contributed by atoms with Crippen LogP contribution in [0.1, 0.15) is 5.56 Å². The van der Waals surface area contributed by atoms with E-state index in [-0.39, 0.29) is 0 Å². The number of nitrogens with one attached hydrogen (secondary N) is 2. The van der Waals surface area contributed by atoms with Gasteiger partial charge >= 0.3 is 0 Å². The van der Waals surface area contributed by atoms with E-state index in [0.717, 1.165) is 49.2 Å². The molecule has 0 aliphatic rings. The number of nitrogens with zero attached hydrogens (tertiary/aromatic N) is 5. The maximum absolute atomic E-state index is 4.88. The van der Waals surface area contributed by atoms with Crippen molar-refractivity contribution in [2.75, 3.05) is 0 Å². The third kappa shape index (κ3) is 2.61. The summed E-state index contributed by atoms with van der Waals surface area (Å²) in [5.74, 6) is 0.708. The number of rotatable bonds is 3. The number of pyridine rings is 3. The summed E-state index contributed by atoms with van der Waals surface area (Å²) in [7, 11) is 0. The maximum atomic E-state index is 4.88. The Labute approximate surface area is 174 Å². The van der Waals surface area contributed by atoms with Crippen LogP contribution in [0.15, 0.2) is 60.6 Å². The molecule has 0 aromatic carbocycles. The van der Waals surface area contributed by atoms with Crippen LogP contribution >= 0.6 is 11.3 Å². The van der Waals surface area contributed by atoms with Gasteiger partial charge < -0.3 is 4.98 Å². The fraction of sp³-hybridized carbons (Fsp3) is 0.0455. The SMILES string of the molecule is Cc1ccncc1-c1cnc2n[nH]c(-c3nc4c(-c5cccs5)cncc4[nH]3)c2c1. The first-order chi connectivity index (χ1) is 14.8. The van der Waals surface area contributed by atoms with E-state index >= 15 is 0 Å². The maximum Gasteiger partial charge on any atom is 0.181 e. The molecule has 6 rings (SSSR count). The second-order valence-electron chi connectivity index (χ2n) is 7.03. The lowest BCUT2D eigenvalue weighted by molar-refractivity contribution is 1.09. The molecule has 8 heteroatoms. The Balaban J connectivity index is 1.53. The van der Waals surface area contributed by atoms with Crippen LogP contribution in [0.2, 0.25) is 0 Å². The second-order valence-corrected chi connectivity index (χ2v) is 7.98. The van der Waals surface area contributed by atoms with E-state index in [0.29, 0.717) is 11.5 Å². The van der Waals surface area contributed by atoms with E-state index in [9.17, 15) is 0 Å². The zero-order valence-electron chi connectivity index (χ0n) is 15.9. The van der Waals surface area contributed by atoms with Crippen molar-refractivity contribution in [3.63, 3.8) is 0 Å². The predicted octanol–water partition coefficient (Wildman–Crippen LogP) is 5.00. The van der Waals surface area contributed by atoms with Crippen LogP contribution in [0.4, 0.5) is 0 Å². The van der Waals surface area contributed by atoms with Gasteiger partial charge in [-0.3, -0.25) is 15.1 Å². The number of imidazole rings is 1. The molecule has 2 N–H and O–H groups in total. The minimum absolute atomic E-state index is 0.646. The molecule has 0 aliphatic carbocycles. The summed E-state index contributed by atoms with van der Waals surface area (Å²) < 4.78 is 0. The van der Waals surface area contributed by atoms with Gasteiger partial charge in [-0.2, -0.15) is 5.10 Å². The highest BCUT2D eigenvalue weighted by atomic mass is 32.1. The Kier molecular flexibility index (Phi) is 3.72. The molecule has 0 amide bonds. The summed E-state index contributed by atoms with van der Waals surface area (Å²) in [6, 6.07) is 8.18. The summed E-state index contributed by atoms with van der Waals surface area (Å²) in [5, 5.41) is 10.4. The Morgan fingerprint density at radius 2 is 1.93 bits per heavy atom. The van der Waals surface area contributed by atoms with Gasteiger partial charge in [-0.1, -0.05) is 6.07 Å². The van der Waals surface area contributed by atoms with Crippen molar-refractivity contribution >= 4 is 33.4 Å². The molecule has 0 aliphatic heterocycles. The highest BCUT2D eigenvalue weighted by Gasteiger charge is 2.16. The van der Waals surface area contributed by atoms with Crippen molar-refractivity contribution in [2.24, 2.45) is 0 Å². The van der Waals surface area contributed by atoms with Crippen molar-refractivity contribution in [3.8, 4) is 33.1 Å². The van der Waals surface area contributed by atoms with Gasteiger partial charge in [0.05, 0.1) is 17.1 Å². The molecule has 6 aromatic heterocycles. The van der Waals surface area contributed by atoms with Crippen LogP contribution < -0.4 is 0 Å². The Morgan fingerprint density at radius 1 is 1.00 bits per heavy atom. The van der Waals surface area contributed by atoms with E-state index in [4.69, 9.17) is 4.98 Å². The molecule has 0 saturated carbocycles. The molecule has 0 unspecified atom stereocenters. The van der Waals surface area contributed by atoms with Gasteiger partial charge in [-0.05, 0) is 36.1 Å². The topological polar surface area (TPSA) is 96.0 Å². The van der Waals surface area contributed by atoms with Crippen molar-refractivity contribution < 1.29 is 0 Å². The molecule has 0 fully saturated rings. The Hall–Kier alpha value is -3.91. The van der Waals surface area contributed by atoms with Crippen molar-refractivity contribution in [1.29, 1.82) is 0 Å². The van der Waals surface area contributed by atoms with Gasteiger partial charge in [-0.25, -0.2) is 9.97 Å². The molecule has 0 radical (unpaired) electrons. The highest BCUT2D eigenvalue weighted by molar-refractivity contribution is 7.13. The fourth-order valence-electron chi connectivity index (χ4n) is 3.66. The summed E-state index contributed by atoms with van der Waals surface area (Å²) in [4.78, 5) is 22.6. The third-order valence-electron chi connectivity index (χ3n) is 5.18. The Morgan fingerprint density at radius 3 is 2.80 bits per heavy atom. The minimum Gasteiger partial charge on any atom is -0.335 e. The molecule has 0 spiro atoms. The summed E-state index contributed by atoms with van der Waals surface area (Å²) in [6.45, 7) is 2.07. The number of aromatic nitrogens is 7. The van der Waals surface area contributed by atoms with Crippen LogP contribution in [0.3, 0.4) is 0 Å². The average Bonchev–Trinajstić information content (AvgIpc) is 3.51. The number of H-pyrrole nitrogens is 2. The third-order valence-corrected chi connectivity index (χ3v) is 6.08. The van der Waals surface area contributed by atoms with Gasteiger partial charge in [-0.15, -0.1) is 11.3 Å². The van der Waals surface area contributed by atoms with Gasteiger partial charge in [0.2, 0.25) is 0 Å². The van der Waals surface area contributed by atoms with E-state index in [2.05, 4.69) is 54.6 Å². The van der Waals surface area contributed by atoms with E-state index in [1.165, 1.54) is 0 Å². The summed E-state index contributed by atoms with van der Waals surface area (Å²) >= 11 is 1.67. The van der Waals surface area contributed by atoms with Crippen LogP contribution in [-0.2, 0) is 0 Å². The smallest absolute Gasteiger partial charge is 0.181 e. The molecular weight excluding hydrogens is 394 g/mol. The number of fused-ring (bicyclic) bond motifs is 2. The lowest BCUT2D eigenvalue weighted by Crippen LogP contribution is -1.87. The fourth-order valence-corrected chi connectivity index (χ4v) is 4.39. The molecule has 0 bridgehead atoms. The molecular formula is C22H15N7S. The number of aromatic amines is 2. The molecule has 7 nitrogen and oxygen atoms in total. The van der Waals surface area contributed by atoms with Gasteiger partial charge in [0.25, 0.3) is 0 Å². The quantitative estimate of drug-likeness (QED) is 0.429. The summed E-state index contributed by atoms with van der Waals surface area (Å²) in [5.41, 5.74) is 7.41. The first-order valence-electron chi connectivity index (χ1n) is 9.41. The van der Waals surface area contributed by atoms with Crippen LogP contribution in [0.25, 0.3) is 55.2 Å². The molecule has 6 aromatic rings. The monoisotopic (exact) mass is 409 g/mol. The lowest BCUT2D eigenvalue weighted by Gasteiger charge is -2.04. The highest BCUT2D eigenvalue weighted by Crippen LogP contribution is 2.33. The number of aryl methyl sites for hydroxylation is 1. The van der Waals surface area contributed by atoms with E-state index < -0.39 is 0 Å². The summed E-state index contributed by atoms with van der Waals surface area (Å²) in [6.07, 6.45) is 9.13. The van der Waals surface area contributed by atoms with Gasteiger partial charge in [0.1, 0.15) is 11.2 Å². The molecule has 0 atom stereocenters. The first kappa shape index (κ1) is 17.0. The predicted molar refractivity (Wildman–Crippen MR) is 118 cm³/mol. The van der Waals surface area contributed by atoms with Gasteiger partial charge in [0.15, 0.2) is 11.5 Å². The normalized spacial score (nSPS) is 11.5. The number of hydrogen-bond acceptors (Lipinski definition) is 6. The Bertz CT molecular complexity index is 1510. The number of thiophene rings is 1. The van der Waals surface area contributed by atoms with Crippen molar-refractivity contribution in [2.45, 2.75) is 6.92 Å². The zero-order valence-corrected chi connectivity index (χ0v) is 16.7. The van der Waals surface area contributed by atoms with E-state index in [1.54, 1.807) is 23.7 Å². The zero-order chi connectivity index (χ0) is 20.1. The molecule has 0 saturated heterocycles. The minimum atomic E-state index is 0.646. The van der Waals surface area contributed by atoms with Gasteiger partial charge in [0, 0.05) is 46.4 Å². The average molecular weight is 409 g/mol. The van der Waals surface area contributed by atoms with E-state index in [1.807, 2.05) is 30.7 Å². The van der Waals surface area contributed by atoms with Crippen molar-refractivity contribution in [1.82, 2.24) is 35.1 Å². The molecule has 144 valence electrons. The first-order valence-corrected chi connectivity index (χ1v) is 10.3. The number of hydrogen-bond donors (Lipinski definition) is 2. The van der Waals surface area contributed by atoms with Crippen molar-refractivity contribution in [3.05, 3.63) is 66.2 Å².